The number of ketones is 1. The first-order valence-electron chi connectivity index (χ1n) is 9.53. The van der Waals surface area contributed by atoms with Crippen molar-refractivity contribution in [3.8, 4) is 5.75 Å². The lowest BCUT2D eigenvalue weighted by molar-refractivity contribution is -0.116. The van der Waals surface area contributed by atoms with Gasteiger partial charge in [-0.2, -0.15) is 0 Å². The Morgan fingerprint density at radius 3 is 2.43 bits per heavy atom. The van der Waals surface area contributed by atoms with Crippen LogP contribution in [0, 0.1) is 6.92 Å². The molecule has 0 saturated carbocycles. The van der Waals surface area contributed by atoms with E-state index in [2.05, 4.69) is 23.9 Å². The van der Waals surface area contributed by atoms with E-state index in [9.17, 15) is 4.79 Å². The molecule has 0 spiro atoms. The number of hydrogen-bond donors (Lipinski definition) is 1. The Morgan fingerprint density at radius 1 is 1.32 bits per heavy atom. The van der Waals surface area contributed by atoms with E-state index in [1.165, 1.54) is 5.56 Å². The number of phenols is 1. The number of carbonyl (C=O) groups excluding carboxylic acids is 1. The number of Topliss-reactive ketones (excluding diaryl/α,β-unsaturated/α-hetero) is 1. The molecular weight excluding hydrogens is 366 g/mol. The number of benzene rings is 1. The molecule has 0 aliphatic heterocycles. The summed E-state index contributed by atoms with van der Waals surface area (Å²) in [6, 6.07) is 7.41. The van der Waals surface area contributed by atoms with Gasteiger partial charge in [0.05, 0.1) is 10.7 Å². The molecular formula is C24H33NO2S. The van der Waals surface area contributed by atoms with Gasteiger partial charge < -0.3 is 9.90 Å². The summed E-state index contributed by atoms with van der Waals surface area (Å²) in [5, 5.41) is 12.2. The third-order valence-corrected chi connectivity index (χ3v) is 4.28. The topological polar surface area (TPSA) is 50.2 Å². The van der Waals surface area contributed by atoms with E-state index < -0.39 is 0 Å². The quantitative estimate of drug-likeness (QED) is 0.536. The Kier molecular flexibility index (Phi) is 14.2. The first kappa shape index (κ1) is 25.5. The van der Waals surface area contributed by atoms with Crippen molar-refractivity contribution >= 4 is 22.7 Å². The maximum Gasteiger partial charge on any atom is 0.129 e. The van der Waals surface area contributed by atoms with Gasteiger partial charge in [0.25, 0.3) is 0 Å². The molecule has 2 rings (SSSR count). The van der Waals surface area contributed by atoms with E-state index in [1.807, 2.05) is 57.2 Å². The van der Waals surface area contributed by atoms with E-state index >= 15 is 0 Å². The van der Waals surface area contributed by atoms with Crippen molar-refractivity contribution in [2.24, 2.45) is 0 Å². The maximum absolute atomic E-state index is 9.81. The minimum atomic E-state index is 0.255. The smallest absolute Gasteiger partial charge is 0.129 e. The number of nitrogens with zero attached hydrogens (tertiary/aromatic N) is 1. The second-order valence-electron chi connectivity index (χ2n) is 6.08. The Labute approximate surface area is 174 Å². The summed E-state index contributed by atoms with van der Waals surface area (Å²) in [5.41, 5.74) is 3.35. The summed E-state index contributed by atoms with van der Waals surface area (Å²) < 4.78 is 0. The summed E-state index contributed by atoms with van der Waals surface area (Å²) >= 11 is 1.66. The van der Waals surface area contributed by atoms with Crippen molar-refractivity contribution < 1.29 is 9.90 Å². The van der Waals surface area contributed by atoms with Crippen molar-refractivity contribution in [1.82, 2.24) is 4.98 Å². The van der Waals surface area contributed by atoms with Gasteiger partial charge in [-0.1, -0.05) is 63.3 Å². The van der Waals surface area contributed by atoms with E-state index in [0.717, 1.165) is 29.1 Å². The second kappa shape index (κ2) is 15.6. The number of rotatable bonds is 6. The number of phenolic OH excluding ortho intramolecular Hbond substituents is 1. The Bertz CT molecular complexity index is 772. The van der Waals surface area contributed by atoms with Crippen LogP contribution in [0.2, 0.25) is 0 Å². The summed E-state index contributed by atoms with van der Waals surface area (Å²) in [6.45, 7) is 13.2. The predicted octanol–water partition coefficient (Wildman–Crippen LogP) is 6.93. The van der Waals surface area contributed by atoms with Gasteiger partial charge in [0, 0.05) is 17.4 Å². The molecule has 0 atom stereocenters. The minimum absolute atomic E-state index is 0.255. The third kappa shape index (κ3) is 12.0. The monoisotopic (exact) mass is 399 g/mol. The number of aryl methyl sites for hydroxylation is 2. The molecule has 1 aromatic carbocycles. The molecule has 0 aliphatic rings. The highest BCUT2D eigenvalue weighted by molar-refractivity contribution is 7.09. The van der Waals surface area contributed by atoms with Crippen LogP contribution in [0.25, 0.3) is 5.57 Å². The Balaban J connectivity index is 0.000000431. The highest BCUT2D eigenvalue weighted by atomic mass is 32.1. The van der Waals surface area contributed by atoms with Gasteiger partial charge in [-0.15, -0.1) is 11.3 Å². The van der Waals surface area contributed by atoms with Crippen LogP contribution in [0.1, 0.15) is 56.8 Å². The average Bonchev–Trinajstić information content (AvgIpc) is 3.09. The highest BCUT2D eigenvalue weighted by Gasteiger charge is 2.00. The molecule has 28 heavy (non-hydrogen) atoms. The van der Waals surface area contributed by atoms with E-state index in [0.29, 0.717) is 12.2 Å². The van der Waals surface area contributed by atoms with Crippen molar-refractivity contribution in [1.29, 1.82) is 0 Å². The molecule has 4 heteroatoms. The molecule has 1 N–H and O–H groups in total. The van der Waals surface area contributed by atoms with Gasteiger partial charge in [-0.25, -0.2) is 4.98 Å². The standard InChI is InChI=1S/C11H13NS.C9H12O.C4H8O/c1-4-6-10(7-5-2)11-8-13-9(3)12-11;1-2-4-8-5-3-6-9(10)7-8;1-3-4(2)5/h4-8H,1H2,2-3H3;3,5-7,10H,2,4H2,1H3;3H2,1-2H3/b7-5-,10-6+;;. The van der Waals surface area contributed by atoms with Crippen molar-refractivity contribution in [3.05, 3.63) is 76.8 Å². The molecule has 0 aliphatic carbocycles. The van der Waals surface area contributed by atoms with Gasteiger partial charge >= 0.3 is 0 Å². The van der Waals surface area contributed by atoms with Crippen LogP contribution in [0.15, 0.2) is 60.5 Å². The highest BCUT2D eigenvalue weighted by Crippen LogP contribution is 2.18. The van der Waals surface area contributed by atoms with E-state index in [-0.39, 0.29) is 5.78 Å². The van der Waals surface area contributed by atoms with Crippen LogP contribution in [0.4, 0.5) is 0 Å². The summed E-state index contributed by atoms with van der Waals surface area (Å²) in [7, 11) is 0. The molecule has 1 heterocycles. The number of hydrogen-bond acceptors (Lipinski definition) is 4. The number of allylic oxidation sites excluding steroid dienone is 5. The fourth-order valence-corrected chi connectivity index (χ4v) is 2.65. The summed E-state index contributed by atoms with van der Waals surface area (Å²) in [5.74, 6) is 0.621. The fraction of sp³-hybridized carbons (Fsp3) is 0.333. The SMILES string of the molecule is C=C/C=C(\C=C/C)c1csc(C)n1.CCC(C)=O.CCCc1cccc(O)c1. The normalized spacial score (nSPS) is 10.5. The molecule has 3 nitrogen and oxygen atoms in total. The van der Waals surface area contributed by atoms with Crippen molar-refractivity contribution in [2.45, 2.75) is 53.9 Å². The molecule has 0 bridgehead atoms. The first-order chi connectivity index (χ1) is 13.4. The van der Waals surface area contributed by atoms with Crippen molar-refractivity contribution in [2.75, 3.05) is 0 Å². The van der Waals surface area contributed by atoms with Crippen LogP contribution in [0.3, 0.4) is 0 Å². The summed E-state index contributed by atoms with van der Waals surface area (Å²) in [4.78, 5) is 14.2. The molecule has 152 valence electrons. The number of aromatic hydroxyl groups is 1. The van der Waals surface area contributed by atoms with Gasteiger partial charge in [-0.3, -0.25) is 0 Å². The Hall–Kier alpha value is -2.46. The van der Waals surface area contributed by atoms with Crippen LogP contribution in [-0.2, 0) is 11.2 Å². The Morgan fingerprint density at radius 2 is 2.00 bits per heavy atom. The van der Waals surface area contributed by atoms with Crippen LogP contribution < -0.4 is 0 Å². The van der Waals surface area contributed by atoms with Gasteiger partial charge in [0.2, 0.25) is 0 Å². The molecule has 0 fully saturated rings. The molecule has 0 amide bonds. The summed E-state index contributed by atoms with van der Waals surface area (Å²) in [6.07, 6.45) is 10.6. The lowest BCUT2D eigenvalue weighted by atomic mass is 10.1. The third-order valence-electron chi connectivity index (χ3n) is 3.51. The lowest BCUT2D eigenvalue weighted by Gasteiger charge is -1.97. The van der Waals surface area contributed by atoms with Crippen molar-refractivity contribution in [3.63, 3.8) is 0 Å². The molecule has 0 radical (unpaired) electrons. The minimum Gasteiger partial charge on any atom is -0.508 e. The zero-order valence-electron chi connectivity index (χ0n) is 17.7. The predicted molar refractivity (Wildman–Crippen MR) is 123 cm³/mol. The second-order valence-corrected chi connectivity index (χ2v) is 7.15. The van der Waals surface area contributed by atoms with Gasteiger partial charge in [-0.05, 0) is 44.9 Å². The van der Waals surface area contributed by atoms with E-state index in [1.54, 1.807) is 30.4 Å². The first-order valence-corrected chi connectivity index (χ1v) is 10.4. The average molecular weight is 400 g/mol. The number of thiazole rings is 1. The van der Waals surface area contributed by atoms with Gasteiger partial charge in [0.15, 0.2) is 0 Å². The zero-order chi connectivity index (χ0) is 21.4. The maximum atomic E-state index is 9.81. The van der Waals surface area contributed by atoms with Crippen LogP contribution >= 0.6 is 11.3 Å². The number of aromatic nitrogens is 1. The lowest BCUT2D eigenvalue weighted by Crippen LogP contribution is -1.80. The van der Waals surface area contributed by atoms with Crippen LogP contribution in [0.5, 0.6) is 5.75 Å². The molecule has 1 aromatic heterocycles. The molecule has 0 saturated heterocycles. The van der Waals surface area contributed by atoms with Gasteiger partial charge in [0.1, 0.15) is 11.5 Å². The van der Waals surface area contributed by atoms with Crippen LogP contribution in [-0.4, -0.2) is 15.9 Å². The number of carbonyl (C=O) groups is 1. The van der Waals surface area contributed by atoms with E-state index in [4.69, 9.17) is 5.11 Å². The largest absolute Gasteiger partial charge is 0.508 e. The molecule has 2 aromatic rings. The fourth-order valence-electron chi connectivity index (χ4n) is 2.03. The molecule has 0 unspecified atom stereocenters. The zero-order valence-corrected chi connectivity index (χ0v) is 18.6.